The molecule has 6 fully saturated rings. The van der Waals surface area contributed by atoms with Gasteiger partial charge >= 0.3 is 5.97 Å². The van der Waals surface area contributed by atoms with Gasteiger partial charge in [-0.1, -0.05) is 53.2 Å². The van der Waals surface area contributed by atoms with E-state index in [4.69, 9.17) is 18.9 Å². The zero-order valence-corrected chi connectivity index (χ0v) is 33.6. The van der Waals surface area contributed by atoms with Crippen LogP contribution in [0.5, 0.6) is 0 Å². The van der Waals surface area contributed by atoms with Crippen molar-refractivity contribution in [1.82, 2.24) is 0 Å². The molecule has 5 aliphatic carbocycles. The van der Waals surface area contributed by atoms with Crippen molar-refractivity contribution in [2.75, 3.05) is 26.4 Å². The smallest absolute Gasteiger partial charge is 0.315 e. The molecule has 0 aromatic heterocycles. The van der Waals surface area contributed by atoms with Crippen LogP contribution >= 0.6 is 0 Å². The van der Waals surface area contributed by atoms with Gasteiger partial charge in [0, 0.05) is 11.3 Å². The molecule has 2 aliphatic heterocycles. The van der Waals surface area contributed by atoms with Crippen molar-refractivity contribution in [2.45, 2.75) is 160 Å². The van der Waals surface area contributed by atoms with Gasteiger partial charge in [0.25, 0.3) is 0 Å². The van der Waals surface area contributed by atoms with E-state index in [-0.39, 0.29) is 30.3 Å². The summed E-state index contributed by atoms with van der Waals surface area (Å²) in [6.07, 6.45) is -7.81. The van der Waals surface area contributed by atoms with E-state index in [1.807, 2.05) is 0 Å². The molecule has 320 valence electrons. The Morgan fingerprint density at radius 1 is 0.821 bits per heavy atom. The lowest BCUT2D eigenvalue weighted by Gasteiger charge is -2.72. The molecule has 0 amide bonds. The van der Waals surface area contributed by atoms with Crippen molar-refractivity contribution < 1.29 is 74.8 Å². The maximum absolute atomic E-state index is 14.8. The predicted molar refractivity (Wildman–Crippen MR) is 196 cm³/mol. The highest BCUT2D eigenvalue weighted by Crippen LogP contribution is 2.76. The molecule has 0 radical (unpaired) electrons. The zero-order valence-electron chi connectivity index (χ0n) is 33.6. The number of hydrogen-bond donors (Lipinski definition) is 10. The minimum absolute atomic E-state index is 0.00716. The summed E-state index contributed by atoms with van der Waals surface area (Å²) in [7, 11) is 0. The van der Waals surface area contributed by atoms with Gasteiger partial charge in [-0.15, -0.1) is 0 Å². The fourth-order valence-electron chi connectivity index (χ4n) is 13.5. The van der Waals surface area contributed by atoms with Gasteiger partial charge < -0.3 is 70.0 Å². The van der Waals surface area contributed by atoms with Crippen LogP contribution in [0.1, 0.15) is 92.9 Å². The highest BCUT2D eigenvalue weighted by atomic mass is 16.7. The Kier molecular flexibility index (Phi) is 10.8. The lowest BCUT2D eigenvalue weighted by atomic mass is 9.33. The first-order chi connectivity index (χ1) is 26.0. The molecule has 0 bridgehead atoms. The van der Waals surface area contributed by atoms with E-state index in [0.29, 0.717) is 38.5 Å². The van der Waals surface area contributed by atoms with E-state index < -0.39 is 126 Å². The van der Waals surface area contributed by atoms with Crippen LogP contribution < -0.4 is 0 Å². The third-order valence-corrected chi connectivity index (χ3v) is 16.9. The van der Waals surface area contributed by atoms with Crippen LogP contribution in [-0.2, 0) is 23.7 Å². The second-order valence-corrected chi connectivity index (χ2v) is 20.5. The molecule has 56 heavy (non-hydrogen) atoms. The van der Waals surface area contributed by atoms with Gasteiger partial charge in [0.2, 0.25) is 6.29 Å². The summed E-state index contributed by atoms with van der Waals surface area (Å²) in [5, 5.41) is 108. The SMILES string of the molecule is CC1(C)CC[C@]2(C(=O)O[C@@H]3O[C@H](CO)[C@@H](O[C@H]4OC[C@](O)(CO)[C@H]4O)[C@H](O)[C@H]3O)CC[C@]3(C)C(=CCC4[C@@]5(C)C[C@@H](O)[C@H](O)[C@@](C)(CO)C5[C@H](O)C[C@]43C)C2C1. The standard InChI is InChI=1S/C41H66O15/c1-35(2)9-11-40(34(51)56-32-27(48)26(47)28(24(16-42)54-32)55-33-31(50)41(52,18-44)19-53-33)12-10-38(5)20(21(40)13-35)7-8-25-36(3)14-23(46)30(49)37(4,17-43)29(36)22(45)15-39(25,38)6/h7,21-33,42-50,52H,8-19H2,1-6H3/t21?,22-,23-,24-,25?,26-,27-,28-,29?,30+,31+,32+,33-,36-,37+,38-,39-,40+,41-/m1/s1. The number of carbonyl (C=O) groups excluding carboxylic acids is 1. The second-order valence-electron chi connectivity index (χ2n) is 20.5. The van der Waals surface area contributed by atoms with E-state index in [1.165, 1.54) is 0 Å². The summed E-state index contributed by atoms with van der Waals surface area (Å²) in [6, 6.07) is 0. The summed E-state index contributed by atoms with van der Waals surface area (Å²) in [4.78, 5) is 14.8. The highest BCUT2D eigenvalue weighted by Gasteiger charge is 2.73. The average molecular weight is 799 g/mol. The first-order valence-corrected chi connectivity index (χ1v) is 20.5. The minimum Gasteiger partial charge on any atom is -0.432 e. The molecule has 15 heteroatoms. The van der Waals surface area contributed by atoms with Crippen molar-refractivity contribution >= 4 is 5.97 Å². The van der Waals surface area contributed by atoms with Crippen LogP contribution in [0.25, 0.3) is 0 Å². The number of ether oxygens (including phenoxy) is 4. The number of rotatable bonds is 7. The van der Waals surface area contributed by atoms with Crippen molar-refractivity contribution in [3.05, 3.63) is 11.6 Å². The van der Waals surface area contributed by atoms with Gasteiger partial charge in [0.15, 0.2) is 6.29 Å². The molecule has 2 saturated heterocycles. The first kappa shape index (κ1) is 42.8. The molecule has 19 atom stereocenters. The summed E-state index contributed by atoms with van der Waals surface area (Å²) in [6.45, 7) is 10.3. The third-order valence-electron chi connectivity index (χ3n) is 16.9. The van der Waals surface area contributed by atoms with Gasteiger partial charge in [0.05, 0.1) is 50.2 Å². The second kappa shape index (κ2) is 14.1. The Morgan fingerprint density at radius 2 is 1.50 bits per heavy atom. The topological polar surface area (TPSA) is 256 Å². The molecular formula is C41H66O15. The van der Waals surface area contributed by atoms with Crippen molar-refractivity contribution in [1.29, 1.82) is 0 Å². The number of fused-ring (bicyclic) bond motifs is 7. The Morgan fingerprint density at radius 3 is 2.12 bits per heavy atom. The van der Waals surface area contributed by atoms with Crippen LogP contribution in [0.15, 0.2) is 11.6 Å². The van der Waals surface area contributed by atoms with Crippen LogP contribution in [-0.4, -0.2) is 150 Å². The number of allylic oxidation sites excluding steroid dienone is 2. The normalized spacial score (nSPS) is 55.2. The largest absolute Gasteiger partial charge is 0.432 e. The molecular weight excluding hydrogens is 732 g/mol. The van der Waals surface area contributed by atoms with Crippen LogP contribution in [0, 0.1) is 50.2 Å². The third kappa shape index (κ3) is 5.96. The number of carbonyl (C=O) groups is 1. The summed E-state index contributed by atoms with van der Waals surface area (Å²) < 4.78 is 22.9. The molecule has 15 nitrogen and oxygen atoms in total. The molecule has 7 rings (SSSR count). The quantitative estimate of drug-likeness (QED) is 0.119. The van der Waals surface area contributed by atoms with E-state index in [2.05, 4.69) is 40.7 Å². The Balaban J connectivity index is 1.17. The molecule has 0 spiro atoms. The van der Waals surface area contributed by atoms with E-state index >= 15 is 0 Å². The van der Waals surface area contributed by atoms with Crippen LogP contribution in [0.3, 0.4) is 0 Å². The molecule has 2 heterocycles. The van der Waals surface area contributed by atoms with Gasteiger partial charge in [-0.3, -0.25) is 4.79 Å². The van der Waals surface area contributed by atoms with Crippen molar-refractivity contribution in [3.8, 4) is 0 Å². The number of aliphatic hydroxyl groups is 10. The summed E-state index contributed by atoms with van der Waals surface area (Å²) in [5.74, 6) is -1.30. The summed E-state index contributed by atoms with van der Waals surface area (Å²) >= 11 is 0. The monoisotopic (exact) mass is 798 g/mol. The molecule has 7 aliphatic rings. The van der Waals surface area contributed by atoms with Crippen molar-refractivity contribution in [3.63, 3.8) is 0 Å². The fraction of sp³-hybridized carbons (Fsp3) is 0.927. The molecule has 0 aromatic rings. The predicted octanol–water partition coefficient (Wildman–Crippen LogP) is -0.129. The van der Waals surface area contributed by atoms with Crippen LogP contribution in [0.4, 0.5) is 0 Å². The summed E-state index contributed by atoms with van der Waals surface area (Å²) in [5.41, 5.74) is -4.67. The maximum Gasteiger partial charge on any atom is 0.315 e. The van der Waals surface area contributed by atoms with Gasteiger partial charge in [-0.05, 0) is 84.9 Å². The van der Waals surface area contributed by atoms with E-state index in [9.17, 15) is 55.9 Å². The average Bonchev–Trinajstić information content (AvgIpc) is 3.42. The Hall–Kier alpha value is -1.31. The van der Waals surface area contributed by atoms with Gasteiger partial charge in [-0.2, -0.15) is 0 Å². The number of aliphatic hydroxyl groups excluding tert-OH is 9. The highest BCUT2D eigenvalue weighted by molar-refractivity contribution is 5.79. The number of hydrogen-bond acceptors (Lipinski definition) is 15. The lowest BCUT2D eigenvalue weighted by Crippen LogP contribution is -2.71. The van der Waals surface area contributed by atoms with Gasteiger partial charge in [0.1, 0.15) is 36.1 Å². The maximum atomic E-state index is 14.8. The fourth-order valence-corrected chi connectivity index (χ4v) is 13.5. The minimum atomic E-state index is -2.01. The van der Waals surface area contributed by atoms with E-state index in [1.54, 1.807) is 6.92 Å². The number of esters is 1. The molecule has 0 aromatic carbocycles. The molecule has 3 unspecified atom stereocenters. The Labute approximate surface area is 328 Å². The van der Waals surface area contributed by atoms with Crippen molar-refractivity contribution in [2.24, 2.45) is 50.2 Å². The lowest BCUT2D eigenvalue weighted by molar-refractivity contribution is -0.324. The van der Waals surface area contributed by atoms with Crippen LogP contribution in [0.2, 0.25) is 0 Å². The first-order valence-electron chi connectivity index (χ1n) is 20.5. The molecule has 10 N–H and O–H groups in total. The van der Waals surface area contributed by atoms with E-state index in [0.717, 1.165) is 12.0 Å². The molecule has 4 saturated carbocycles. The Bertz CT molecular complexity index is 1540. The zero-order chi connectivity index (χ0) is 41.2. The van der Waals surface area contributed by atoms with Gasteiger partial charge in [-0.25, -0.2) is 0 Å².